The van der Waals surface area contributed by atoms with E-state index in [-0.39, 0.29) is 18.0 Å². The Morgan fingerprint density at radius 1 is 1.18 bits per heavy atom. The van der Waals surface area contributed by atoms with Crippen molar-refractivity contribution in [1.29, 1.82) is 0 Å². The second-order valence-electron chi connectivity index (χ2n) is 7.05. The van der Waals surface area contributed by atoms with E-state index in [9.17, 15) is 9.59 Å². The van der Waals surface area contributed by atoms with E-state index in [0.29, 0.717) is 30.4 Å². The quantitative estimate of drug-likeness (QED) is 0.823. The van der Waals surface area contributed by atoms with E-state index in [2.05, 4.69) is 20.2 Å². The fraction of sp³-hybridized carbons (Fsp3) is 0.450. The number of piperidine rings is 1. The lowest BCUT2D eigenvalue weighted by atomic mass is 10.0. The molecule has 1 aliphatic rings. The molecule has 2 heterocycles. The number of likely N-dealkylation sites (tertiary alicyclic amines) is 1. The zero-order valence-corrected chi connectivity index (χ0v) is 17.2. The summed E-state index contributed by atoms with van der Waals surface area (Å²) in [4.78, 5) is 30.8. The Kier molecular flexibility index (Phi) is 6.24. The number of amides is 3. The number of hydrogen-bond donors (Lipinski definition) is 2. The van der Waals surface area contributed by atoms with Crippen molar-refractivity contribution in [3.05, 3.63) is 52.1 Å². The number of benzene rings is 1. The first-order valence-electron chi connectivity index (χ1n) is 9.45. The van der Waals surface area contributed by atoms with Crippen LogP contribution in [0.15, 0.2) is 24.3 Å². The normalized spacial score (nSPS) is 14.8. The zero-order chi connectivity index (χ0) is 20.3. The molecule has 1 saturated heterocycles. The number of hydrogen-bond acceptors (Lipinski definition) is 3. The average Bonchev–Trinajstić information content (AvgIpc) is 3.01. The molecule has 3 amide bonds. The first-order valence-corrected chi connectivity index (χ1v) is 9.83. The lowest BCUT2D eigenvalue weighted by Gasteiger charge is -2.33. The Morgan fingerprint density at radius 2 is 1.82 bits per heavy atom. The van der Waals surface area contributed by atoms with E-state index in [4.69, 9.17) is 11.6 Å². The van der Waals surface area contributed by atoms with Crippen molar-refractivity contribution in [2.45, 2.75) is 39.3 Å². The summed E-state index contributed by atoms with van der Waals surface area (Å²) in [6.07, 6.45) is 1.69. The predicted octanol–water partition coefficient (Wildman–Crippen LogP) is 3.06. The summed E-state index contributed by atoms with van der Waals surface area (Å²) in [5.41, 5.74) is 2.30. The number of carbonyl (C=O) groups excluding carboxylic acids is 2. The average molecular weight is 404 g/mol. The van der Waals surface area contributed by atoms with Crippen LogP contribution in [0.3, 0.4) is 0 Å². The van der Waals surface area contributed by atoms with Crippen LogP contribution in [0, 0.1) is 13.8 Å². The molecule has 7 nitrogen and oxygen atoms in total. The third-order valence-electron chi connectivity index (χ3n) is 5.24. The van der Waals surface area contributed by atoms with E-state index >= 15 is 0 Å². The second kappa shape index (κ2) is 8.65. The van der Waals surface area contributed by atoms with Gasteiger partial charge in [-0.15, -0.1) is 0 Å². The maximum atomic E-state index is 12.7. The van der Waals surface area contributed by atoms with Crippen LogP contribution in [0.4, 0.5) is 4.79 Å². The third-order valence-corrected chi connectivity index (χ3v) is 5.49. The third kappa shape index (κ3) is 4.30. The van der Waals surface area contributed by atoms with Crippen molar-refractivity contribution in [2.24, 2.45) is 0 Å². The summed E-state index contributed by atoms with van der Waals surface area (Å²) in [7, 11) is 1.65. The van der Waals surface area contributed by atoms with Gasteiger partial charge >= 0.3 is 6.03 Å². The highest BCUT2D eigenvalue weighted by Gasteiger charge is 2.27. The van der Waals surface area contributed by atoms with Crippen LogP contribution in [-0.4, -0.2) is 46.5 Å². The van der Waals surface area contributed by atoms with Gasteiger partial charge in [0.05, 0.1) is 0 Å². The number of carbonyl (C=O) groups is 2. The van der Waals surface area contributed by atoms with Gasteiger partial charge in [-0.25, -0.2) is 9.78 Å². The summed E-state index contributed by atoms with van der Waals surface area (Å²) in [5.74, 6) is 0.643. The number of urea groups is 1. The smallest absolute Gasteiger partial charge is 0.317 e. The van der Waals surface area contributed by atoms with E-state index in [1.54, 1.807) is 19.2 Å². The van der Waals surface area contributed by atoms with Crippen LogP contribution in [0.2, 0.25) is 5.02 Å². The summed E-state index contributed by atoms with van der Waals surface area (Å²) in [6.45, 7) is 5.67. The van der Waals surface area contributed by atoms with E-state index < -0.39 is 0 Å². The van der Waals surface area contributed by atoms with Crippen molar-refractivity contribution in [2.75, 3.05) is 20.1 Å². The molecule has 1 fully saturated rings. The molecule has 2 N–H and O–H groups in total. The Labute approximate surface area is 170 Å². The summed E-state index contributed by atoms with van der Waals surface area (Å²) in [6, 6.07) is 7.58. The van der Waals surface area contributed by atoms with Crippen molar-refractivity contribution in [1.82, 2.24) is 25.1 Å². The molecular weight excluding hydrogens is 378 g/mol. The molecule has 1 aromatic heterocycles. The summed E-state index contributed by atoms with van der Waals surface area (Å²) >= 11 is 5.89. The van der Waals surface area contributed by atoms with Crippen molar-refractivity contribution < 1.29 is 9.59 Å². The molecule has 0 bridgehead atoms. The number of aryl methyl sites for hydroxylation is 1. The lowest BCUT2D eigenvalue weighted by molar-refractivity contribution is 0.0945. The largest absolute Gasteiger partial charge is 0.347 e. The Bertz CT molecular complexity index is 854. The number of imidazole rings is 1. The molecule has 1 aromatic carbocycles. The van der Waals surface area contributed by atoms with Gasteiger partial charge < -0.3 is 20.1 Å². The highest BCUT2D eigenvalue weighted by Crippen LogP contribution is 2.27. The van der Waals surface area contributed by atoms with Gasteiger partial charge in [0.15, 0.2) is 0 Å². The molecule has 0 atom stereocenters. The molecule has 0 saturated carbocycles. The van der Waals surface area contributed by atoms with E-state index in [1.165, 1.54) is 0 Å². The van der Waals surface area contributed by atoms with Gasteiger partial charge in [0.25, 0.3) is 5.91 Å². The van der Waals surface area contributed by atoms with E-state index in [1.807, 2.05) is 30.9 Å². The van der Waals surface area contributed by atoms with Gasteiger partial charge in [0, 0.05) is 43.4 Å². The fourth-order valence-electron chi connectivity index (χ4n) is 3.76. The van der Waals surface area contributed by atoms with Crippen molar-refractivity contribution in [3.8, 4) is 0 Å². The van der Waals surface area contributed by atoms with Gasteiger partial charge in [-0.1, -0.05) is 23.7 Å². The first kappa shape index (κ1) is 20.2. The molecule has 150 valence electrons. The monoisotopic (exact) mass is 403 g/mol. The molecular formula is C20H26ClN5O2. The van der Waals surface area contributed by atoms with Crippen molar-refractivity contribution in [3.63, 3.8) is 0 Å². The minimum atomic E-state index is -0.183. The predicted molar refractivity (Wildman–Crippen MR) is 109 cm³/mol. The Balaban J connectivity index is 1.67. The van der Waals surface area contributed by atoms with Crippen molar-refractivity contribution >= 4 is 23.5 Å². The fourth-order valence-corrected chi connectivity index (χ4v) is 3.89. The Morgan fingerprint density at radius 3 is 2.43 bits per heavy atom. The molecule has 3 rings (SSSR count). The molecule has 0 spiro atoms. The van der Waals surface area contributed by atoms with E-state index in [0.717, 1.165) is 29.9 Å². The van der Waals surface area contributed by atoms with Gasteiger partial charge in [-0.05, 0) is 44.4 Å². The lowest BCUT2D eigenvalue weighted by Crippen LogP contribution is -2.43. The number of halogens is 1. The SMILES string of the molecule is CNC(=O)N1CCC(n2c(C)nc(C(=O)NCc3ccc(Cl)cc3)c2C)CC1. The maximum absolute atomic E-state index is 12.7. The van der Waals surface area contributed by atoms with Crippen LogP contribution >= 0.6 is 11.6 Å². The van der Waals surface area contributed by atoms with Gasteiger partial charge in [-0.2, -0.15) is 0 Å². The minimum absolute atomic E-state index is 0.0419. The topological polar surface area (TPSA) is 79.3 Å². The van der Waals surface area contributed by atoms with Gasteiger partial charge in [0.1, 0.15) is 11.5 Å². The second-order valence-corrected chi connectivity index (χ2v) is 7.48. The minimum Gasteiger partial charge on any atom is -0.347 e. The molecule has 0 radical (unpaired) electrons. The Hall–Kier alpha value is -2.54. The molecule has 28 heavy (non-hydrogen) atoms. The van der Waals surface area contributed by atoms with Crippen LogP contribution in [0.5, 0.6) is 0 Å². The van der Waals surface area contributed by atoms with Crippen LogP contribution in [0.25, 0.3) is 0 Å². The standard InChI is InChI=1S/C20H26ClN5O2/c1-13-18(19(27)23-12-15-4-6-16(21)7-5-15)24-14(2)26(13)17-8-10-25(11-9-17)20(28)22-3/h4-7,17H,8-12H2,1-3H3,(H,22,28)(H,23,27). The van der Waals surface area contributed by atoms with Crippen LogP contribution in [0.1, 0.15) is 46.5 Å². The number of nitrogens with one attached hydrogen (secondary N) is 2. The molecule has 0 unspecified atom stereocenters. The van der Waals surface area contributed by atoms with Gasteiger partial charge in [-0.3, -0.25) is 4.79 Å². The molecule has 8 heteroatoms. The summed E-state index contributed by atoms with van der Waals surface area (Å²) < 4.78 is 2.14. The number of nitrogens with zero attached hydrogens (tertiary/aromatic N) is 3. The number of rotatable bonds is 4. The van der Waals surface area contributed by atoms with Crippen LogP contribution in [-0.2, 0) is 6.54 Å². The first-order chi connectivity index (χ1) is 13.4. The molecule has 0 aliphatic carbocycles. The number of aromatic nitrogens is 2. The maximum Gasteiger partial charge on any atom is 0.317 e. The highest BCUT2D eigenvalue weighted by molar-refractivity contribution is 6.30. The molecule has 1 aliphatic heterocycles. The zero-order valence-electron chi connectivity index (χ0n) is 16.5. The molecule has 2 aromatic rings. The summed E-state index contributed by atoms with van der Waals surface area (Å²) in [5, 5.41) is 6.27. The highest BCUT2D eigenvalue weighted by atomic mass is 35.5. The van der Waals surface area contributed by atoms with Gasteiger partial charge in [0.2, 0.25) is 0 Å². The van der Waals surface area contributed by atoms with Crippen LogP contribution < -0.4 is 10.6 Å².